The molecule has 3 aromatic carbocycles. The van der Waals surface area contributed by atoms with Crippen molar-refractivity contribution in [1.29, 1.82) is 0 Å². The molecule has 144 valence electrons. The molecule has 3 heteroatoms. The number of aromatic nitrogens is 3. The zero-order chi connectivity index (χ0) is 20.3. The van der Waals surface area contributed by atoms with Crippen LogP contribution in [0.2, 0.25) is 0 Å². The minimum absolute atomic E-state index is 0.0417. The van der Waals surface area contributed by atoms with Crippen molar-refractivity contribution < 1.29 is 0 Å². The minimum Gasteiger partial charge on any atom is -0.278 e. The van der Waals surface area contributed by atoms with Crippen LogP contribution in [0.15, 0.2) is 78.9 Å². The fourth-order valence-corrected chi connectivity index (χ4v) is 4.55. The lowest BCUT2D eigenvalue weighted by Crippen LogP contribution is -2.30. The molecule has 0 saturated heterocycles. The first-order valence-corrected chi connectivity index (χ1v) is 10.3. The van der Waals surface area contributed by atoms with Gasteiger partial charge in [0.05, 0.1) is 22.1 Å². The van der Waals surface area contributed by atoms with E-state index in [9.17, 15) is 0 Å². The number of hydrogen-bond acceptors (Lipinski definition) is 2. The number of para-hydroxylation sites is 2. The van der Waals surface area contributed by atoms with Crippen LogP contribution in [-0.2, 0) is 0 Å². The van der Waals surface area contributed by atoms with Gasteiger partial charge in [-0.05, 0) is 18.2 Å². The summed E-state index contributed by atoms with van der Waals surface area (Å²) in [4.78, 5) is 10.2. The Labute approximate surface area is 174 Å². The lowest BCUT2D eigenvalue weighted by Gasteiger charge is -2.09. The molecular formula is C27H21N3. The second-order valence-corrected chi connectivity index (χ2v) is 8.52. The van der Waals surface area contributed by atoms with Crippen LogP contribution in [-0.4, -0.2) is 14.5 Å². The van der Waals surface area contributed by atoms with E-state index in [0.29, 0.717) is 5.95 Å². The topological polar surface area (TPSA) is 30.7 Å². The SMILES string of the molecule is CC1(C)C=c2nc(-n3c4ccccc4c4ccccc43)nc(-c3ccccc3)c2=C1. The van der Waals surface area contributed by atoms with Gasteiger partial charge in [0.2, 0.25) is 5.95 Å². The molecule has 5 aromatic rings. The molecule has 6 rings (SSSR count). The molecule has 1 aliphatic carbocycles. The second kappa shape index (κ2) is 6.14. The van der Waals surface area contributed by atoms with E-state index in [4.69, 9.17) is 9.97 Å². The first-order chi connectivity index (χ1) is 14.6. The van der Waals surface area contributed by atoms with Gasteiger partial charge in [-0.15, -0.1) is 0 Å². The van der Waals surface area contributed by atoms with E-state index in [1.54, 1.807) is 0 Å². The van der Waals surface area contributed by atoms with Crippen molar-refractivity contribution in [2.75, 3.05) is 0 Å². The summed E-state index contributed by atoms with van der Waals surface area (Å²) in [6.07, 6.45) is 4.52. The Balaban J connectivity index is 1.76. The molecule has 0 aliphatic heterocycles. The Hall–Kier alpha value is -3.72. The van der Waals surface area contributed by atoms with Gasteiger partial charge in [0.15, 0.2) is 0 Å². The van der Waals surface area contributed by atoms with E-state index < -0.39 is 0 Å². The maximum atomic E-state index is 5.12. The summed E-state index contributed by atoms with van der Waals surface area (Å²) in [5, 5.41) is 4.56. The van der Waals surface area contributed by atoms with E-state index in [-0.39, 0.29) is 5.41 Å². The Bertz CT molecular complexity index is 1500. The van der Waals surface area contributed by atoms with Crippen molar-refractivity contribution in [3.8, 4) is 17.2 Å². The maximum absolute atomic E-state index is 5.12. The Morgan fingerprint density at radius 3 is 1.93 bits per heavy atom. The summed E-state index contributed by atoms with van der Waals surface area (Å²) in [6.45, 7) is 4.42. The van der Waals surface area contributed by atoms with E-state index in [0.717, 1.165) is 32.9 Å². The normalized spacial score (nSPS) is 14.5. The molecule has 0 saturated carbocycles. The quantitative estimate of drug-likeness (QED) is 0.434. The predicted octanol–water partition coefficient (Wildman–Crippen LogP) is 4.84. The van der Waals surface area contributed by atoms with Crippen molar-refractivity contribution in [3.05, 3.63) is 89.4 Å². The van der Waals surface area contributed by atoms with E-state index >= 15 is 0 Å². The Morgan fingerprint density at radius 1 is 0.667 bits per heavy atom. The third kappa shape index (κ3) is 2.52. The zero-order valence-electron chi connectivity index (χ0n) is 17.0. The number of fused-ring (bicyclic) bond motifs is 4. The average molecular weight is 387 g/mol. The molecule has 0 radical (unpaired) electrons. The average Bonchev–Trinajstić information content (AvgIpc) is 3.26. The van der Waals surface area contributed by atoms with Gasteiger partial charge in [0, 0.05) is 27.0 Å². The molecule has 0 amide bonds. The largest absolute Gasteiger partial charge is 0.278 e. The molecular weight excluding hydrogens is 366 g/mol. The van der Waals surface area contributed by atoms with Crippen molar-refractivity contribution in [3.63, 3.8) is 0 Å². The summed E-state index contributed by atoms with van der Waals surface area (Å²) in [5.74, 6) is 0.715. The summed E-state index contributed by atoms with van der Waals surface area (Å²) in [6, 6.07) is 27.4. The Morgan fingerprint density at radius 2 is 1.27 bits per heavy atom. The highest BCUT2D eigenvalue weighted by Crippen LogP contribution is 2.31. The number of rotatable bonds is 2. The monoisotopic (exact) mass is 387 g/mol. The van der Waals surface area contributed by atoms with Crippen molar-refractivity contribution in [1.82, 2.24) is 14.5 Å². The summed E-state index contributed by atoms with van der Waals surface area (Å²) in [5.41, 5.74) is 4.30. The molecule has 0 atom stereocenters. The molecule has 1 aliphatic rings. The molecule has 30 heavy (non-hydrogen) atoms. The van der Waals surface area contributed by atoms with Crippen LogP contribution in [0.5, 0.6) is 0 Å². The van der Waals surface area contributed by atoms with Crippen LogP contribution in [0.1, 0.15) is 13.8 Å². The lowest BCUT2D eigenvalue weighted by molar-refractivity contribution is 0.723. The van der Waals surface area contributed by atoms with Gasteiger partial charge in [0.25, 0.3) is 0 Å². The lowest BCUT2D eigenvalue weighted by atomic mass is 9.96. The second-order valence-electron chi connectivity index (χ2n) is 8.52. The third-order valence-electron chi connectivity index (χ3n) is 5.82. The molecule has 0 spiro atoms. The van der Waals surface area contributed by atoms with Gasteiger partial charge in [-0.25, -0.2) is 9.97 Å². The molecule has 3 nitrogen and oxygen atoms in total. The molecule has 2 aromatic heterocycles. The van der Waals surface area contributed by atoms with E-state index in [1.807, 2.05) is 6.07 Å². The van der Waals surface area contributed by atoms with Gasteiger partial charge in [-0.1, -0.05) is 86.7 Å². The van der Waals surface area contributed by atoms with Crippen LogP contribution in [0.4, 0.5) is 0 Å². The van der Waals surface area contributed by atoms with Gasteiger partial charge in [-0.2, -0.15) is 0 Å². The number of nitrogens with zero attached hydrogens (tertiary/aromatic N) is 3. The summed E-state index contributed by atoms with van der Waals surface area (Å²) >= 11 is 0. The summed E-state index contributed by atoms with van der Waals surface area (Å²) < 4.78 is 2.19. The van der Waals surface area contributed by atoms with Crippen LogP contribution in [0.25, 0.3) is 51.2 Å². The number of benzene rings is 3. The molecule has 0 unspecified atom stereocenters. The highest BCUT2D eigenvalue weighted by Gasteiger charge is 2.21. The highest BCUT2D eigenvalue weighted by molar-refractivity contribution is 6.08. The minimum atomic E-state index is -0.0417. The summed E-state index contributed by atoms with van der Waals surface area (Å²) in [7, 11) is 0. The van der Waals surface area contributed by atoms with Gasteiger partial charge < -0.3 is 0 Å². The first-order valence-electron chi connectivity index (χ1n) is 10.3. The van der Waals surface area contributed by atoms with Crippen LogP contribution in [0, 0.1) is 5.41 Å². The fraction of sp³-hybridized carbons (Fsp3) is 0.111. The van der Waals surface area contributed by atoms with Gasteiger partial charge in [-0.3, -0.25) is 4.57 Å². The van der Waals surface area contributed by atoms with Crippen molar-refractivity contribution in [2.24, 2.45) is 5.41 Å². The maximum Gasteiger partial charge on any atom is 0.235 e. The molecule has 0 N–H and O–H groups in total. The fourth-order valence-electron chi connectivity index (χ4n) is 4.55. The number of hydrogen-bond donors (Lipinski definition) is 0. The zero-order valence-corrected chi connectivity index (χ0v) is 17.0. The van der Waals surface area contributed by atoms with Crippen molar-refractivity contribution >= 4 is 34.0 Å². The predicted molar refractivity (Wildman–Crippen MR) is 124 cm³/mol. The van der Waals surface area contributed by atoms with Crippen LogP contribution >= 0.6 is 0 Å². The smallest absolute Gasteiger partial charge is 0.235 e. The van der Waals surface area contributed by atoms with E-state index in [2.05, 4.69) is 103 Å². The highest BCUT2D eigenvalue weighted by atomic mass is 15.2. The van der Waals surface area contributed by atoms with Gasteiger partial charge in [0.1, 0.15) is 0 Å². The van der Waals surface area contributed by atoms with E-state index in [1.165, 1.54) is 10.8 Å². The van der Waals surface area contributed by atoms with Crippen LogP contribution in [0.3, 0.4) is 0 Å². The third-order valence-corrected chi connectivity index (χ3v) is 5.82. The van der Waals surface area contributed by atoms with Crippen molar-refractivity contribution in [2.45, 2.75) is 13.8 Å². The molecule has 2 heterocycles. The first kappa shape index (κ1) is 17.2. The molecule has 0 bridgehead atoms. The Kier molecular flexibility index (Phi) is 3.51. The molecule has 0 fully saturated rings. The standard InChI is InChI=1S/C27H21N3/c1-27(2)16-21-22(17-27)28-26(29-25(21)18-10-4-3-5-11-18)30-23-14-8-6-12-19(23)20-13-7-9-15-24(20)30/h3-17H,1-2H3. The van der Waals surface area contributed by atoms with Gasteiger partial charge >= 0.3 is 0 Å². The van der Waals surface area contributed by atoms with Crippen LogP contribution < -0.4 is 10.6 Å².